The number of rotatable bonds is 5. The average molecular weight is 244 g/mol. The fourth-order valence-electron chi connectivity index (χ4n) is 0.956. The first-order valence-electron chi connectivity index (χ1n) is 4.46. The maximum Gasteiger partial charge on any atom is 0.244 e. The molecule has 0 fully saturated rings. The van der Waals surface area contributed by atoms with Crippen LogP contribution in [-0.4, -0.2) is 40.5 Å². The molecule has 1 aromatic heterocycles. The van der Waals surface area contributed by atoms with E-state index in [0.717, 1.165) is 0 Å². The second-order valence-electron chi connectivity index (χ2n) is 3.08. The Morgan fingerprint density at radius 2 is 2.44 bits per heavy atom. The van der Waals surface area contributed by atoms with Gasteiger partial charge in [-0.25, -0.2) is 13.5 Å². The van der Waals surface area contributed by atoms with Crippen molar-refractivity contribution >= 4 is 21.7 Å². The SMILES string of the molecule is C=CCS(=O)(=O)C(C)C(=O)Nc1ncn[nH]1. The molecule has 0 aliphatic rings. The summed E-state index contributed by atoms with van der Waals surface area (Å²) in [5, 5.41) is 7.06. The van der Waals surface area contributed by atoms with Gasteiger partial charge in [-0.1, -0.05) is 6.08 Å². The molecule has 0 spiro atoms. The number of carbonyl (C=O) groups is 1. The van der Waals surface area contributed by atoms with E-state index in [1.165, 1.54) is 19.3 Å². The Bertz CT molecular complexity index is 465. The topological polar surface area (TPSA) is 105 Å². The molecule has 0 radical (unpaired) electrons. The summed E-state index contributed by atoms with van der Waals surface area (Å²) >= 11 is 0. The summed E-state index contributed by atoms with van der Waals surface area (Å²) in [4.78, 5) is 15.2. The zero-order valence-corrected chi connectivity index (χ0v) is 9.49. The van der Waals surface area contributed by atoms with Crippen molar-refractivity contribution in [3.05, 3.63) is 19.0 Å². The van der Waals surface area contributed by atoms with Crippen LogP contribution in [0.15, 0.2) is 19.0 Å². The molecule has 1 atom stereocenters. The van der Waals surface area contributed by atoms with Gasteiger partial charge in [-0.05, 0) is 6.92 Å². The van der Waals surface area contributed by atoms with Gasteiger partial charge < -0.3 is 0 Å². The van der Waals surface area contributed by atoms with Gasteiger partial charge in [-0.3, -0.25) is 10.1 Å². The molecule has 88 valence electrons. The van der Waals surface area contributed by atoms with Crippen molar-refractivity contribution < 1.29 is 13.2 Å². The molecule has 1 amide bonds. The summed E-state index contributed by atoms with van der Waals surface area (Å²) in [5.41, 5.74) is 0. The van der Waals surface area contributed by atoms with E-state index in [1.807, 2.05) is 0 Å². The number of hydrogen-bond acceptors (Lipinski definition) is 5. The number of nitrogens with zero attached hydrogens (tertiary/aromatic N) is 2. The first-order chi connectivity index (χ1) is 7.47. The van der Waals surface area contributed by atoms with E-state index in [1.54, 1.807) is 0 Å². The van der Waals surface area contributed by atoms with Crippen LogP contribution in [0.2, 0.25) is 0 Å². The van der Waals surface area contributed by atoms with Gasteiger partial charge in [0.2, 0.25) is 11.9 Å². The van der Waals surface area contributed by atoms with Gasteiger partial charge in [0, 0.05) is 0 Å². The molecule has 16 heavy (non-hydrogen) atoms. The van der Waals surface area contributed by atoms with E-state index in [9.17, 15) is 13.2 Å². The van der Waals surface area contributed by atoms with Crippen molar-refractivity contribution in [2.45, 2.75) is 12.2 Å². The Balaban J connectivity index is 2.71. The minimum Gasteiger partial charge on any atom is -0.294 e. The van der Waals surface area contributed by atoms with E-state index in [2.05, 4.69) is 27.1 Å². The van der Waals surface area contributed by atoms with Crippen LogP contribution in [0.4, 0.5) is 5.95 Å². The first kappa shape index (κ1) is 12.4. The van der Waals surface area contributed by atoms with Gasteiger partial charge >= 0.3 is 0 Å². The summed E-state index contributed by atoms with van der Waals surface area (Å²) in [5.74, 6) is -0.776. The summed E-state index contributed by atoms with van der Waals surface area (Å²) < 4.78 is 23.0. The number of sulfone groups is 1. The molecule has 1 unspecified atom stereocenters. The van der Waals surface area contributed by atoms with Crippen molar-refractivity contribution in [3.63, 3.8) is 0 Å². The van der Waals surface area contributed by atoms with Gasteiger partial charge in [0.05, 0.1) is 5.75 Å². The number of amides is 1. The third-order valence-electron chi connectivity index (χ3n) is 1.91. The highest BCUT2D eigenvalue weighted by Gasteiger charge is 2.27. The lowest BCUT2D eigenvalue weighted by molar-refractivity contribution is -0.115. The normalized spacial score (nSPS) is 13.1. The molecule has 0 aliphatic carbocycles. The molecule has 8 heteroatoms. The molecular weight excluding hydrogens is 232 g/mol. The third-order valence-corrected chi connectivity index (χ3v) is 3.91. The van der Waals surface area contributed by atoms with Crippen LogP contribution in [0.5, 0.6) is 0 Å². The van der Waals surface area contributed by atoms with Gasteiger partial charge in [-0.15, -0.1) is 6.58 Å². The van der Waals surface area contributed by atoms with Crippen molar-refractivity contribution in [2.75, 3.05) is 11.1 Å². The molecule has 0 aliphatic heterocycles. The van der Waals surface area contributed by atoms with E-state index in [4.69, 9.17) is 0 Å². The molecule has 1 rings (SSSR count). The maximum absolute atomic E-state index is 11.5. The number of anilines is 1. The standard InChI is InChI=1S/C8H12N4O3S/c1-3-4-16(14,15)6(2)7(13)11-8-9-5-10-12-8/h3,5-6H,1,4H2,2H3,(H2,9,10,11,12,13). The monoisotopic (exact) mass is 244 g/mol. The molecule has 0 saturated heterocycles. The largest absolute Gasteiger partial charge is 0.294 e. The highest BCUT2D eigenvalue weighted by Crippen LogP contribution is 2.05. The molecule has 0 bridgehead atoms. The first-order valence-corrected chi connectivity index (χ1v) is 6.17. The van der Waals surface area contributed by atoms with Crippen LogP contribution >= 0.6 is 0 Å². The molecule has 7 nitrogen and oxygen atoms in total. The summed E-state index contributed by atoms with van der Waals surface area (Å²) in [6.45, 7) is 4.63. The average Bonchev–Trinajstić information content (AvgIpc) is 2.69. The van der Waals surface area contributed by atoms with Crippen LogP contribution in [0.1, 0.15) is 6.92 Å². The van der Waals surface area contributed by atoms with Gasteiger partial charge in [0.25, 0.3) is 0 Å². The minimum atomic E-state index is -3.50. The van der Waals surface area contributed by atoms with Crippen LogP contribution in [0.25, 0.3) is 0 Å². The molecule has 0 saturated carbocycles. The lowest BCUT2D eigenvalue weighted by Gasteiger charge is -2.10. The second kappa shape index (κ2) is 4.88. The number of nitrogens with one attached hydrogen (secondary N) is 2. The zero-order chi connectivity index (χ0) is 12.2. The lowest BCUT2D eigenvalue weighted by atomic mass is 10.4. The Morgan fingerprint density at radius 1 is 1.75 bits per heavy atom. The van der Waals surface area contributed by atoms with Crippen LogP contribution in [-0.2, 0) is 14.6 Å². The van der Waals surface area contributed by atoms with Gasteiger partial charge in [-0.2, -0.15) is 10.1 Å². The quantitative estimate of drug-likeness (QED) is 0.694. The molecule has 1 aromatic rings. The summed E-state index contributed by atoms with van der Waals surface area (Å²) in [7, 11) is -3.50. The third kappa shape index (κ3) is 2.89. The van der Waals surface area contributed by atoms with Gasteiger partial charge in [0.1, 0.15) is 11.6 Å². The predicted octanol–water partition coefficient (Wildman–Crippen LogP) is -0.268. The van der Waals surface area contributed by atoms with E-state index in [0.29, 0.717) is 0 Å². The fourth-order valence-corrected chi connectivity index (χ4v) is 1.96. The van der Waals surface area contributed by atoms with Crippen LogP contribution in [0, 0.1) is 0 Å². The number of H-pyrrole nitrogens is 1. The van der Waals surface area contributed by atoms with Crippen molar-refractivity contribution in [1.29, 1.82) is 0 Å². The smallest absolute Gasteiger partial charge is 0.244 e. The highest BCUT2D eigenvalue weighted by atomic mass is 32.2. The molecule has 0 aromatic carbocycles. The fraction of sp³-hybridized carbons (Fsp3) is 0.375. The Hall–Kier alpha value is -1.70. The number of hydrogen-bond donors (Lipinski definition) is 2. The van der Waals surface area contributed by atoms with Crippen molar-refractivity contribution in [3.8, 4) is 0 Å². The number of aromatic amines is 1. The van der Waals surface area contributed by atoms with Crippen molar-refractivity contribution in [2.24, 2.45) is 0 Å². The van der Waals surface area contributed by atoms with E-state index >= 15 is 0 Å². The molecule has 2 N–H and O–H groups in total. The molecule has 1 heterocycles. The van der Waals surface area contributed by atoms with Crippen LogP contribution < -0.4 is 5.32 Å². The van der Waals surface area contributed by atoms with E-state index < -0.39 is 21.0 Å². The summed E-state index contributed by atoms with van der Waals surface area (Å²) in [6.07, 6.45) is 2.45. The minimum absolute atomic E-state index is 0.116. The zero-order valence-electron chi connectivity index (χ0n) is 8.67. The number of aromatic nitrogens is 3. The lowest BCUT2D eigenvalue weighted by Crippen LogP contribution is -2.34. The molecular formula is C8H12N4O3S. The maximum atomic E-state index is 11.5. The van der Waals surface area contributed by atoms with Gasteiger partial charge in [0.15, 0.2) is 9.84 Å². The highest BCUT2D eigenvalue weighted by molar-refractivity contribution is 7.92. The Labute approximate surface area is 92.9 Å². The summed E-state index contributed by atoms with van der Waals surface area (Å²) in [6, 6.07) is 0. The van der Waals surface area contributed by atoms with Crippen LogP contribution in [0.3, 0.4) is 0 Å². The second-order valence-corrected chi connectivity index (χ2v) is 5.45. The van der Waals surface area contributed by atoms with Crippen molar-refractivity contribution in [1.82, 2.24) is 15.2 Å². The predicted molar refractivity (Wildman–Crippen MR) is 58.5 cm³/mol. The number of carbonyl (C=O) groups excluding carboxylic acids is 1. The van der Waals surface area contributed by atoms with E-state index in [-0.39, 0.29) is 11.7 Å². The Morgan fingerprint density at radius 3 is 2.94 bits per heavy atom. The Kier molecular flexibility index (Phi) is 3.78.